The van der Waals surface area contributed by atoms with Crippen LogP contribution < -0.4 is 0 Å². The van der Waals surface area contributed by atoms with Gasteiger partial charge in [-0.2, -0.15) is 0 Å². The molecule has 4 heterocycles. The van der Waals surface area contributed by atoms with Gasteiger partial charge in [-0.15, -0.1) is 21.5 Å². The summed E-state index contributed by atoms with van der Waals surface area (Å²) in [6, 6.07) is 5.93. The van der Waals surface area contributed by atoms with Gasteiger partial charge in [0.2, 0.25) is 5.91 Å². The zero-order chi connectivity index (χ0) is 16.5. The Balaban J connectivity index is 1.40. The number of fused-ring (bicyclic) bond motifs is 1. The van der Waals surface area contributed by atoms with Crippen LogP contribution in [0, 0.1) is 6.92 Å². The molecule has 0 aliphatic carbocycles. The van der Waals surface area contributed by atoms with E-state index in [0.717, 1.165) is 48.1 Å². The van der Waals surface area contributed by atoms with Crippen LogP contribution in [-0.4, -0.2) is 43.5 Å². The van der Waals surface area contributed by atoms with Crippen LogP contribution in [0.15, 0.2) is 29.8 Å². The molecule has 1 aliphatic rings. The number of nitrogens with zero attached hydrogens (tertiary/aromatic N) is 5. The third kappa shape index (κ3) is 2.91. The van der Waals surface area contributed by atoms with E-state index in [1.165, 1.54) is 0 Å². The highest BCUT2D eigenvalue weighted by atomic mass is 32.1. The number of aryl methyl sites for hydroxylation is 1. The summed E-state index contributed by atoms with van der Waals surface area (Å²) in [5.41, 5.74) is 1.76. The number of rotatable bonds is 3. The Labute approximate surface area is 144 Å². The Morgan fingerprint density at radius 2 is 2.12 bits per heavy atom. The highest BCUT2D eigenvalue weighted by Gasteiger charge is 2.27. The third-order valence-electron chi connectivity index (χ3n) is 4.55. The largest absolute Gasteiger partial charge is 0.342 e. The topological polar surface area (TPSA) is 63.4 Å². The summed E-state index contributed by atoms with van der Waals surface area (Å²) < 4.78 is 2.06. The first-order chi connectivity index (χ1) is 11.7. The second kappa shape index (κ2) is 6.32. The molecule has 1 saturated heterocycles. The lowest BCUT2D eigenvalue weighted by Crippen LogP contribution is -2.39. The second-order valence-corrected chi connectivity index (χ2v) is 7.24. The fourth-order valence-corrected chi connectivity index (χ4v) is 3.89. The molecule has 3 aromatic heterocycles. The van der Waals surface area contributed by atoms with Crippen molar-refractivity contribution in [2.24, 2.45) is 0 Å². The van der Waals surface area contributed by atoms with Crippen LogP contribution in [0.3, 0.4) is 0 Å². The molecule has 0 N–H and O–H groups in total. The van der Waals surface area contributed by atoms with E-state index in [2.05, 4.69) is 19.6 Å². The number of hydrogen-bond acceptors (Lipinski definition) is 5. The van der Waals surface area contributed by atoms with Crippen LogP contribution in [0.1, 0.15) is 35.3 Å². The van der Waals surface area contributed by atoms with Crippen molar-refractivity contribution in [1.82, 2.24) is 24.5 Å². The minimum Gasteiger partial charge on any atom is -0.342 e. The van der Waals surface area contributed by atoms with Crippen molar-refractivity contribution in [2.75, 3.05) is 13.1 Å². The molecule has 6 nitrogen and oxygen atoms in total. The van der Waals surface area contributed by atoms with Gasteiger partial charge in [-0.25, -0.2) is 4.98 Å². The fourth-order valence-electron chi connectivity index (χ4n) is 3.28. The van der Waals surface area contributed by atoms with Gasteiger partial charge in [0.1, 0.15) is 5.82 Å². The number of hydrogen-bond donors (Lipinski definition) is 0. The number of aromatic nitrogens is 4. The molecular formula is C17H19N5OS. The third-order valence-corrected chi connectivity index (χ3v) is 5.37. The maximum Gasteiger partial charge on any atom is 0.228 e. The summed E-state index contributed by atoms with van der Waals surface area (Å²) in [7, 11) is 0. The molecule has 24 heavy (non-hydrogen) atoms. The number of thiazole rings is 1. The standard InChI is InChI=1S/C17H19N5OS/c1-12-18-14(11-24-12)10-16(23)21-8-5-13(6-9-21)17-20-19-15-4-2-3-7-22(15)17/h2-4,7,11,13H,5-6,8-10H2,1H3. The number of carbonyl (C=O) groups is 1. The van der Waals surface area contributed by atoms with Gasteiger partial charge in [-0.05, 0) is 31.9 Å². The SMILES string of the molecule is Cc1nc(CC(=O)N2CCC(c3nnc4ccccn34)CC2)cs1. The van der Waals surface area contributed by atoms with Crippen LogP contribution in [0.4, 0.5) is 0 Å². The minimum absolute atomic E-state index is 0.171. The van der Waals surface area contributed by atoms with Gasteiger partial charge in [0.15, 0.2) is 5.65 Å². The molecule has 1 amide bonds. The van der Waals surface area contributed by atoms with E-state index in [1.807, 2.05) is 41.6 Å². The summed E-state index contributed by atoms with van der Waals surface area (Å²) in [6.07, 6.45) is 4.27. The predicted molar refractivity (Wildman–Crippen MR) is 92.1 cm³/mol. The molecule has 0 bridgehead atoms. The van der Waals surface area contributed by atoms with Gasteiger partial charge in [0.05, 0.1) is 17.1 Å². The van der Waals surface area contributed by atoms with E-state index >= 15 is 0 Å². The highest BCUT2D eigenvalue weighted by molar-refractivity contribution is 7.09. The summed E-state index contributed by atoms with van der Waals surface area (Å²) in [4.78, 5) is 18.8. The summed E-state index contributed by atoms with van der Waals surface area (Å²) >= 11 is 1.59. The molecular weight excluding hydrogens is 322 g/mol. The van der Waals surface area contributed by atoms with Crippen LogP contribution in [0.25, 0.3) is 5.65 Å². The van der Waals surface area contributed by atoms with Crippen molar-refractivity contribution in [2.45, 2.75) is 32.1 Å². The number of carbonyl (C=O) groups excluding carboxylic acids is 1. The van der Waals surface area contributed by atoms with Crippen LogP contribution in [0.5, 0.6) is 0 Å². The summed E-state index contributed by atoms with van der Waals surface area (Å²) in [5, 5.41) is 11.6. The van der Waals surface area contributed by atoms with E-state index in [0.29, 0.717) is 12.3 Å². The number of amides is 1. The predicted octanol–water partition coefficient (Wildman–Crippen LogP) is 2.44. The molecule has 0 radical (unpaired) electrons. The summed E-state index contributed by atoms with van der Waals surface area (Å²) in [5.74, 6) is 1.53. The smallest absolute Gasteiger partial charge is 0.228 e. The average Bonchev–Trinajstić information content (AvgIpc) is 3.21. The molecule has 3 aromatic rings. The molecule has 0 atom stereocenters. The molecule has 0 unspecified atom stereocenters. The van der Waals surface area contributed by atoms with Gasteiger partial charge >= 0.3 is 0 Å². The van der Waals surface area contributed by atoms with Crippen molar-refractivity contribution < 1.29 is 4.79 Å². The van der Waals surface area contributed by atoms with E-state index < -0.39 is 0 Å². The first-order valence-electron chi connectivity index (χ1n) is 8.19. The van der Waals surface area contributed by atoms with E-state index in [1.54, 1.807) is 11.3 Å². The lowest BCUT2D eigenvalue weighted by Gasteiger charge is -2.31. The minimum atomic E-state index is 0.171. The first-order valence-corrected chi connectivity index (χ1v) is 9.07. The molecule has 124 valence electrons. The van der Waals surface area contributed by atoms with Crippen LogP contribution >= 0.6 is 11.3 Å². The molecule has 0 spiro atoms. The van der Waals surface area contributed by atoms with Crippen molar-refractivity contribution in [1.29, 1.82) is 0 Å². The molecule has 4 rings (SSSR count). The van der Waals surface area contributed by atoms with Crippen molar-refractivity contribution in [3.8, 4) is 0 Å². The zero-order valence-corrected chi connectivity index (χ0v) is 14.4. The Morgan fingerprint density at radius 3 is 2.88 bits per heavy atom. The Bertz CT molecular complexity index is 863. The molecule has 1 aliphatic heterocycles. The van der Waals surface area contributed by atoms with Gasteiger partial charge in [-0.1, -0.05) is 6.07 Å². The van der Waals surface area contributed by atoms with Crippen molar-refractivity contribution >= 4 is 22.9 Å². The Morgan fingerprint density at radius 1 is 1.29 bits per heavy atom. The lowest BCUT2D eigenvalue weighted by molar-refractivity contribution is -0.131. The first kappa shape index (κ1) is 15.3. The maximum atomic E-state index is 12.4. The molecule has 1 fully saturated rings. The molecule has 0 aromatic carbocycles. The van der Waals surface area contributed by atoms with E-state index in [4.69, 9.17) is 0 Å². The number of piperidine rings is 1. The fraction of sp³-hybridized carbons (Fsp3) is 0.412. The average molecular weight is 341 g/mol. The van der Waals surface area contributed by atoms with Crippen LogP contribution in [0.2, 0.25) is 0 Å². The normalized spacial score (nSPS) is 16.0. The Kier molecular flexibility index (Phi) is 4.02. The van der Waals surface area contributed by atoms with Gasteiger partial charge in [0, 0.05) is 30.6 Å². The van der Waals surface area contributed by atoms with E-state index in [-0.39, 0.29) is 5.91 Å². The van der Waals surface area contributed by atoms with E-state index in [9.17, 15) is 4.79 Å². The van der Waals surface area contributed by atoms with Gasteiger partial charge < -0.3 is 4.90 Å². The number of pyridine rings is 1. The van der Waals surface area contributed by atoms with Crippen LogP contribution in [-0.2, 0) is 11.2 Å². The highest BCUT2D eigenvalue weighted by Crippen LogP contribution is 2.27. The second-order valence-electron chi connectivity index (χ2n) is 6.18. The monoisotopic (exact) mass is 341 g/mol. The van der Waals surface area contributed by atoms with Gasteiger partial charge in [0.25, 0.3) is 0 Å². The van der Waals surface area contributed by atoms with Crippen molar-refractivity contribution in [3.05, 3.63) is 46.3 Å². The summed E-state index contributed by atoms with van der Waals surface area (Å²) in [6.45, 7) is 3.51. The molecule has 7 heteroatoms. The van der Waals surface area contributed by atoms with Crippen molar-refractivity contribution in [3.63, 3.8) is 0 Å². The lowest BCUT2D eigenvalue weighted by atomic mass is 9.95. The maximum absolute atomic E-state index is 12.4. The Hall–Kier alpha value is -2.28. The van der Waals surface area contributed by atoms with Gasteiger partial charge in [-0.3, -0.25) is 9.20 Å². The number of likely N-dealkylation sites (tertiary alicyclic amines) is 1. The molecule has 0 saturated carbocycles. The zero-order valence-electron chi connectivity index (χ0n) is 13.6. The quantitative estimate of drug-likeness (QED) is 0.734.